The highest BCUT2D eigenvalue weighted by Crippen LogP contribution is 2.24. The van der Waals surface area contributed by atoms with Crippen LogP contribution >= 0.6 is 0 Å². The number of allylic oxidation sites excluding steroid dienone is 2. The molecule has 0 spiro atoms. The smallest absolute Gasteiger partial charge is 0.348 e. The summed E-state index contributed by atoms with van der Waals surface area (Å²) >= 11 is 0. The Balaban J connectivity index is 1.29. The first kappa shape index (κ1) is 25.9. The summed E-state index contributed by atoms with van der Waals surface area (Å²) in [6, 6.07) is 22.3. The quantitative estimate of drug-likeness (QED) is 0.179. The lowest BCUT2D eigenvalue weighted by Crippen LogP contribution is -2.41. The van der Waals surface area contributed by atoms with E-state index in [1.807, 2.05) is 42.5 Å². The Morgan fingerprint density at radius 3 is 2.18 bits per heavy atom. The first-order valence-electron chi connectivity index (χ1n) is 12.8. The summed E-state index contributed by atoms with van der Waals surface area (Å²) in [6.07, 6.45) is 4.88. The number of hydrogen-bond acceptors (Lipinski definition) is 7. The molecule has 39 heavy (non-hydrogen) atoms. The predicted molar refractivity (Wildman–Crippen MR) is 150 cm³/mol. The van der Waals surface area contributed by atoms with E-state index in [4.69, 9.17) is 9.47 Å². The van der Waals surface area contributed by atoms with Crippen LogP contribution in [0.25, 0.3) is 22.8 Å². The number of hydrogen-bond donors (Lipinski definition) is 0. The molecule has 8 heteroatoms. The fourth-order valence-corrected chi connectivity index (χ4v) is 4.48. The monoisotopic (exact) mass is 522 g/mol. The van der Waals surface area contributed by atoms with Gasteiger partial charge in [0.25, 0.3) is 5.79 Å². The van der Waals surface area contributed by atoms with Gasteiger partial charge in [-0.3, -0.25) is 0 Å². The zero-order valence-corrected chi connectivity index (χ0v) is 22.4. The summed E-state index contributed by atoms with van der Waals surface area (Å²) in [4.78, 5) is 28.2. The molecule has 4 aromatic rings. The van der Waals surface area contributed by atoms with Crippen molar-refractivity contribution in [1.29, 1.82) is 0 Å². The van der Waals surface area contributed by atoms with E-state index in [0.29, 0.717) is 0 Å². The zero-order valence-electron chi connectivity index (χ0n) is 22.4. The summed E-state index contributed by atoms with van der Waals surface area (Å²) < 4.78 is 10.2. The molecule has 1 fully saturated rings. The topological polar surface area (TPSA) is 86.6 Å². The molecule has 2 heterocycles. The molecule has 0 unspecified atom stereocenters. The molecule has 3 aromatic carbocycles. The Labute approximate surface area is 227 Å². The molecule has 0 aliphatic carbocycles. The molecular weight excluding hydrogens is 492 g/mol. The van der Waals surface area contributed by atoms with Crippen molar-refractivity contribution >= 4 is 34.7 Å². The maximum Gasteiger partial charge on any atom is 0.348 e. The van der Waals surface area contributed by atoms with Gasteiger partial charge < -0.3 is 14.4 Å². The standard InChI is InChI=1S/C31H30N4O4/c1-5-34(20-23-17-21(2)18-25(19-23)35-32-27-11-6-7-12-28(27)33-35)24-15-13-22(14-16-24)9-8-10-26-29(36)38-31(3,4)39-30(26)37/h6-19H,5,20H2,1-4H3/b9-8+. The lowest BCUT2D eigenvalue weighted by molar-refractivity contribution is -0.222. The summed E-state index contributed by atoms with van der Waals surface area (Å²) in [6.45, 7) is 8.81. The van der Waals surface area contributed by atoms with E-state index >= 15 is 0 Å². The number of aromatic nitrogens is 3. The van der Waals surface area contributed by atoms with Crippen molar-refractivity contribution in [2.45, 2.75) is 40.0 Å². The highest BCUT2D eigenvalue weighted by atomic mass is 16.7. The average molecular weight is 523 g/mol. The van der Waals surface area contributed by atoms with E-state index < -0.39 is 17.7 Å². The Morgan fingerprint density at radius 2 is 1.56 bits per heavy atom. The molecule has 0 amide bonds. The van der Waals surface area contributed by atoms with E-state index in [-0.39, 0.29) is 5.57 Å². The molecule has 1 aliphatic rings. The number of esters is 2. The number of carbonyl (C=O) groups excluding carboxylic acids is 2. The largest absolute Gasteiger partial charge is 0.419 e. The maximum atomic E-state index is 12.1. The number of carbonyl (C=O) groups is 2. The molecule has 0 bridgehead atoms. The number of nitrogens with zero attached hydrogens (tertiary/aromatic N) is 4. The van der Waals surface area contributed by atoms with Gasteiger partial charge in [-0.25, -0.2) is 9.59 Å². The van der Waals surface area contributed by atoms with Crippen LogP contribution < -0.4 is 4.90 Å². The van der Waals surface area contributed by atoms with Gasteiger partial charge in [-0.1, -0.05) is 42.5 Å². The van der Waals surface area contributed by atoms with E-state index in [1.165, 1.54) is 25.5 Å². The number of aryl methyl sites for hydroxylation is 1. The summed E-state index contributed by atoms with van der Waals surface area (Å²) in [5.74, 6) is -2.63. The van der Waals surface area contributed by atoms with E-state index in [2.05, 4.69) is 59.3 Å². The third kappa shape index (κ3) is 5.90. The van der Waals surface area contributed by atoms with Crippen molar-refractivity contribution in [2.24, 2.45) is 0 Å². The highest BCUT2D eigenvalue weighted by molar-refractivity contribution is 6.15. The molecule has 1 saturated heterocycles. The van der Waals surface area contributed by atoms with Gasteiger partial charge in [-0.15, -0.1) is 10.2 Å². The van der Waals surface area contributed by atoms with Crippen molar-refractivity contribution in [3.05, 3.63) is 101 Å². The zero-order chi connectivity index (χ0) is 27.6. The SMILES string of the molecule is CCN(Cc1cc(C)cc(-n2nc3ccccc3n2)c1)c1ccc(/C=C/C=C2C(=O)OC(C)(C)OC2=O)cc1. The summed E-state index contributed by atoms with van der Waals surface area (Å²) in [5, 5.41) is 9.26. The maximum absolute atomic E-state index is 12.1. The third-order valence-corrected chi connectivity index (χ3v) is 6.32. The van der Waals surface area contributed by atoms with Crippen LogP contribution in [0.4, 0.5) is 5.69 Å². The van der Waals surface area contributed by atoms with Gasteiger partial charge in [-0.2, -0.15) is 4.80 Å². The van der Waals surface area contributed by atoms with Gasteiger partial charge in [0.05, 0.1) is 5.69 Å². The number of anilines is 1. The van der Waals surface area contributed by atoms with E-state index in [9.17, 15) is 9.59 Å². The number of cyclic esters (lactones) is 2. The van der Waals surface area contributed by atoms with Crippen molar-refractivity contribution in [3.63, 3.8) is 0 Å². The Bertz CT molecular complexity index is 1540. The minimum atomic E-state index is -1.25. The molecule has 1 aromatic heterocycles. The number of fused-ring (bicyclic) bond motifs is 1. The minimum absolute atomic E-state index is 0.129. The van der Waals surface area contributed by atoms with Crippen LogP contribution in [0.15, 0.2) is 84.5 Å². The van der Waals surface area contributed by atoms with Gasteiger partial charge in [-0.05, 0) is 73.0 Å². The van der Waals surface area contributed by atoms with Crippen molar-refractivity contribution in [2.75, 3.05) is 11.4 Å². The van der Waals surface area contributed by atoms with Crippen molar-refractivity contribution < 1.29 is 19.1 Å². The van der Waals surface area contributed by atoms with Crippen LogP contribution in [-0.2, 0) is 25.6 Å². The predicted octanol–water partition coefficient (Wildman–Crippen LogP) is 5.53. The Hall–Kier alpha value is -4.72. The van der Waals surface area contributed by atoms with Gasteiger partial charge in [0, 0.05) is 32.6 Å². The van der Waals surface area contributed by atoms with Gasteiger partial charge in [0.2, 0.25) is 0 Å². The second-order valence-electron chi connectivity index (χ2n) is 9.88. The third-order valence-electron chi connectivity index (χ3n) is 6.32. The molecule has 1 aliphatic heterocycles. The average Bonchev–Trinajstić information content (AvgIpc) is 3.33. The van der Waals surface area contributed by atoms with Gasteiger partial charge >= 0.3 is 11.9 Å². The van der Waals surface area contributed by atoms with Gasteiger partial charge in [0.1, 0.15) is 16.6 Å². The van der Waals surface area contributed by atoms with E-state index in [0.717, 1.165) is 46.6 Å². The minimum Gasteiger partial charge on any atom is -0.419 e. The highest BCUT2D eigenvalue weighted by Gasteiger charge is 2.38. The Morgan fingerprint density at radius 1 is 0.923 bits per heavy atom. The van der Waals surface area contributed by atoms with Gasteiger partial charge in [0.15, 0.2) is 0 Å². The second kappa shape index (κ2) is 10.6. The van der Waals surface area contributed by atoms with Crippen molar-refractivity contribution in [3.8, 4) is 5.69 Å². The van der Waals surface area contributed by atoms with Crippen LogP contribution in [0.3, 0.4) is 0 Å². The lowest BCUT2D eigenvalue weighted by Gasteiger charge is -2.29. The fraction of sp³-hybridized carbons (Fsp3) is 0.226. The molecule has 0 saturated carbocycles. The van der Waals surface area contributed by atoms with Crippen molar-refractivity contribution in [1.82, 2.24) is 15.0 Å². The molecule has 198 valence electrons. The van der Waals surface area contributed by atoms with E-state index in [1.54, 1.807) is 10.9 Å². The lowest BCUT2D eigenvalue weighted by atomic mass is 10.1. The molecule has 0 radical (unpaired) electrons. The number of rotatable bonds is 7. The first-order valence-corrected chi connectivity index (χ1v) is 12.8. The number of ether oxygens (including phenoxy) is 2. The molecular formula is C31H30N4O4. The number of benzene rings is 3. The second-order valence-corrected chi connectivity index (χ2v) is 9.88. The van der Waals surface area contributed by atoms with Crippen LogP contribution in [0.5, 0.6) is 0 Å². The Kier molecular flexibility index (Phi) is 7.02. The molecule has 5 rings (SSSR count). The normalized spacial score (nSPS) is 14.9. The fourth-order valence-electron chi connectivity index (χ4n) is 4.48. The van der Waals surface area contributed by atoms with Crippen LogP contribution in [0.1, 0.15) is 37.5 Å². The molecule has 8 nitrogen and oxygen atoms in total. The molecule has 0 atom stereocenters. The molecule has 0 N–H and O–H groups in total. The van der Waals surface area contributed by atoms with Crippen LogP contribution in [-0.4, -0.2) is 39.3 Å². The van der Waals surface area contributed by atoms with Crippen LogP contribution in [0, 0.1) is 6.92 Å². The van der Waals surface area contributed by atoms with Crippen LogP contribution in [0.2, 0.25) is 0 Å². The first-order chi connectivity index (χ1) is 18.7. The summed E-state index contributed by atoms with van der Waals surface area (Å²) in [5.41, 5.74) is 6.85. The summed E-state index contributed by atoms with van der Waals surface area (Å²) in [7, 11) is 0.